The Morgan fingerprint density at radius 1 is 1.25 bits per heavy atom. The van der Waals surface area contributed by atoms with E-state index in [1.165, 1.54) is 6.42 Å². The van der Waals surface area contributed by atoms with Crippen molar-refractivity contribution in [2.75, 3.05) is 0 Å². The number of hydrogen-bond acceptors (Lipinski definition) is 2. The molecule has 1 heterocycles. The van der Waals surface area contributed by atoms with E-state index in [1.54, 1.807) is 0 Å². The molecule has 0 aromatic rings. The fourth-order valence-corrected chi connectivity index (χ4v) is 6.67. The number of rotatable bonds is 0. The van der Waals surface area contributed by atoms with Crippen LogP contribution in [0.1, 0.15) is 6.42 Å². The number of fused-ring (bicyclic) bond motifs is 1. The first-order chi connectivity index (χ1) is 5.70. The van der Waals surface area contributed by atoms with Gasteiger partial charge in [0.05, 0.1) is 9.84 Å². The van der Waals surface area contributed by atoms with Crippen LogP contribution in [0.25, 0.3) is 0 Å². The Kier molecular flexibility index (Phi) is 1.71. The third-order valence-electron chi connectivity index (χ3n) is 3.43. The maximum absolute atomic E-state index is 11.4. The van der Waals surface area contributed by atoms with Crippen molar-refractivity contribution in [3.8, 4) is 0 Å². The van der Waals surface area contributed by atoms with Crippen molar-refractivity contribution in [2.45, 2.75) is 20.4 Å². The summed E-state index contributed by atoms with van der Waals surface area (Å²) >= 11 is 4.89. The van der Waals surface area contributed by atoms with Gasteiger partial charge in [0.1, 0.15) is 6.10 Å². The molecule has 2 saturated carbocycles. The summed E-state index contributed by atoms with van der Waals surface area (Å²) in [7, 11) is 0. The fraction of sp³-hybridized carbons (Fsp3) is 0.875. The highest BCUT2D eigenvalue weighted by atomic mass is 127. The van der Waals surface area contributed by atoms with Crippen LogP contribution in [-0.4, -0.2) is 19.9 Å². The van der Waals surface area contributed by atoms with Gasteiger partial charge in [-0.1, -0.05) is 45.2 Å². The van der Waals surface area contributed by atoms with E-state index in [-0.39, 0.29) is 18.0 Å². The van der Waals surface area contributed by atoms with Gasteiger partial charge in [0, 0.05) is 9.84 Å². The van der Waals surface area contributed by atoms with E-state index in [9.17, 15) is 4.79 Å². The van der Waals surface area contributed by atoms with E-state index in [0.29, 0.717) is 13.8 Å². The van der Waals surface area contributed by atoms with Crippen LogP contribution in [0.5, 0.6) is 0 Å². The predicted octanol–water partition coefficient (Wildman–Crippen LogP) is 1.78. The first kappa shape index (κ1) is 8.26. The average Bonchev–Trinajstić information content (AvgIpc) is 2.56. The summed E-state index contributed by atoms with van der Waals surface area (Å²) < 4.78 is 6.49. The Labute approximate surface area is 98.1 Å². The highest BCUT2D eigenvalue weighted by molar-refractivity contribution is 14.1. The minimum absolute atomic E-state index is 0.0751. The van der Waals surface area contributed by atoms with Crippen LogP contribution in [0.3, 0.4) is 0 Å². The van der Waals surface area contributed by atoms with E-state index in [0.717, 1.165) is 5.92 Å². The highest BCUT2D eigenvalue weighted by Crippen LogP contribution is 2.59. The predicted molar refractivity (Wildman–Crippen MR) is 60.6 cm³/mol. The second kappa shape index (κ2) is 2.49. The van der Waals surface area contributed by atoms with Crippen LogP contribution in [-0.2, 0) is 9.53 Å². The molecule has 2 nitrogen and oxygen atoms in total. The lowest BCUT2D eigenvalue weighted by molar-refractivity contribution is -0.143. The molecule has 3 rings (SSSR count). The summed E-state index contributed by atoms with van der Waals surface area (Å²) in [6, 6.07) is 0. The van der Waals surface area contributed by atoms with Crippen LogP contribution in [0, 0.1) is 17.8 Å². The molecule has 0 aromatic carbocycles. The number of ether oxygens (including phenoxy) is 1. The van der Waals surface area contributed by atoms with Crippen molar-refractivity contribution in [1.29, 1.82) is 0 Å². The molecule has 0 N–H and O–H groups in total. The Morgan fingerprint density at radius 2 is 2.00 bits per heavy atom. The van der Waals surface area contributed by atoms with E-state index < -0.39 is 0 Å². The molecule has 0 radical (unpaired) electrons. The van der Waals surface area contributed by atoms with Crippen molar-refractivity contribution < 1.29 is 9.53 Å². The lowest BCUT2D eigenvalue weighted by Crippen LogP contribution is -2.33. The molecule has 6 atom stereocenters. The molecular weight excluding hydrogens is 382 g/mol. The van der Waals surface area contributed by atoms with Crippen LogP contribution in [0.2, 0.25) is 0 Å². The van der Waals surface area contributed by atoms with Gasteiger partial charge in [0.2, 0.25) is 0 Å². The summed E-state index contributed by atoms with van der Waals surface area (Å²) in [5, 5.41) is 0. The fourth-order valence-electron chi connectivity index (χ4n) is 2.89. The van der Waals surface area contributed by atoms with Crippen molar-refractivity contribution in [3.05, 3.63) is 0 Å². The van der Waals surface area contributed by atoms with Crippen LogP contribution >= 0.6 is 45.2 Å². The molecule has 1 aliphatic heterocycles. The molecular formula is C8H8I2O2. The largest absolute Gasteiger partial charge is 0.461 e. The van der Waals surface area contributed by atoms with Gasteiger partial charge in [-0.15, -0.1) is 0 Å². The quantitative estimate of drug-likeness (QED) is 0.358. The molecule has 0 aromatic heterocycles. The third kappa shape index (κ3) is 0.790. The number of carbonyl (C=O) groups excluding carboxylic acids is 1. The molecule has 4 heteroatoms. The normalized spacial score (nSPS) is 61.0. The topological polar surface area (TPSA) is 26.3 Å². The number of halogens is 2. The monoisotopic (exact) mass is 390 g/mol. The maximum Gasteiger partial charge on any atom is 0.310 e. The molecule has 66 valence electrons. The third-order valence-corrected chi connectivity index (χ3v) is 6.76. The van der Waals surface area contributed by atoms with Crippen molar-refractivity contribution in [2.24, 2.45) is 17.8 Å². The first-order valence-corrected chi connectivity index (χ1v) is 6.68. The lowest BCUT2D eigenvalue weighted by Gasteiger charge is -2.23. The summed E-state index contributed by atoms with van der Waals surface area (Å²) in [6.07, 6.45) is 1.49. The van der Waals surface area contributed by atoms with Crippen LogP contribution in [0.4, 0.5) is 0 Å². The van der Waals surface area contributed by atoms with Gasteiger partial charge >= 0.3 is 5.97 Å². The lowest BCUT2D eigenvalue weighted by atomic mass is 9.90. The summed E-state index contributed by atoms with van der Waals surface area (Å²) in [5.74, 6) is 1.61. The van der Waals surface area contributed by atoms with Crippen molar-refractivity contribution in [3.63, 3.8) is 0 Å². The Bertz CT molecular complexity index is 255. The van der Waals surface area contributed by atoms with E-state index in [2.05, 4.69) is 45.2 Å². The van der Waals surface area contributed by atoms with Crippen LogP contribution in [0.15, 0.2) is 0 Å². The van der Waals surface area contributed by atoms with E-state index >= 15 is 0 Å². The zero-order valence-corrected chi connectivity index (χ0v) is 10.6. The molecule has 0 spiro atoms. The van der Waals surface area contributed by atoms with Gasteiger partial charge in [-0.05, 0) is 12.3 Å². The van der Waals surface area contributed by atoms with Gasteiger partial charge in [0.25, 0.3) is 0 Å². The van der Waals surface area contributed by atoms with Crippen molar-refractivity contribution >= 4 is 51.2 Å². The molecule has 1 saturated heterocycles. The minimum atomic E-state index is 0.0751. The molecule has 0 amide bonds. The standard InChI is InChI=1S/C8H8I2O2/c9-5-3-1-2-4(5)8(11)12-7(2)6(3)10/h2-7H,1H2. The molecule has 3 fully saturated rings. The summed E-state index contributed by atoms with van der Waals surface area (Å²) in [5.41, 5.74) is 0. The van der Waals surface area contributed by atoms with Crippen molar-refractivity contribution in [1.82, 2.24) is 0 Å². The molecule has 12 heavy (non-hydrogen) atoms. The second-order valence-corrected chi connectivity index (χ2v) is 6.76. The van der Waals surface area contributed by atoms with Crippen LogP contribution < -0.4 is 0 Å². The summed E-state index contributed by atoms with van der Waals surface area (Å²) in [4.78, 5) is 11.4. The minimum Gasteiger partial charge on any atom is -0.461 e. The SMILES string of the molecule is O=C1OC2C(I)C3CC2C1C3I. The number of alkyl halides is 2. The maximum atomic E-state index is 11.4. The number of hydrogen-bond donors (Lipinski definition) is 0. The number of carbonyl (C=O) groups is 1. The van der Waals surface area contributed by atoms with Gasteiger partial charge < -0.3 is 4.74 Å². The van der Waals surface area contributed by atoms with E-state index in [1.807, 2.05) is 0 Å². The Balaban J connectivity index is 2.06. The second-order valence-electron chi connectivity index (χ2n) is 3.88. The van der Waals surface area contributed by atoms with Gasteiger partial charge in [-0.2, -0.15) is 0 Å². The van der Waals surface area contributed by atoms with Gasteiger partial charge in [0.15, 0.2) is 0 Å². The first-order valence-electron chi connectivity index (χ1n) is 4.19. The average molecular weight is 390 g/mol. The Hall–Kier alpha value is 0.930. The molecule has 2 bridgehead atoms. The molecule has 6 unspecified atom stereocenters. The zero-order valence-electron chi connectivity index (χ0n) is 6.24. The molecule has 2 aliphatic carbocycles. The summed E-state index contributed by atoms with van der Waals surface area (Å²) in [6.45, 7) is 0. The Morgan fingerprint density at radius 3 is 2.67 bits per heavy atom. The van der Waals surface area contributed by atoms with E-state index in [4.69, 9.17) is 4.74 Å². The molecule has 3 aliphatic rings. The highest BCUT2D eigenvalue weighted by Gasteiger charge is 2.65. The van der Waals surface area contributed by atoms with Gasteiger partial charge in [-0.3, -0.25) is 4.79 Å². The smallest absolute Gasteiger partial charge is 0.310 e. The van der Waals surface area contributed by atoms with Gasteiger partial charge in [-0.25, -0.2) is 0 Å². The number of esters is 1. The zero-order chi connectivity index (χ0) is 8.46.